The van der Waals surface area contributed by atoms with Gasteiger partial charge in [0.1, 0.15) is 17.3 Å². The lowest BCUT2D eigenvalue weighted by atomic mass is 10.1. The summed E-state index contributed by atoms with van der Waals surface area (Å²) < 4.78 is 0. The van der Waals surface area contributed by atoms with Gasteiger partial charge < -0.3 is 4.90 Å². The molecule has 6 heteroatoms. The van der Waals surface area contributed by atoms with Crippen molar-refractivity contribution < 1.29 is 4.79 Å². The lowest BCUT2D eigenvalue weighted by Crippen LogP contribution is -2.34. The van der Waals surface area contributed by atoms with Crippen LogP contribution in [0.15, 0.2) is 24.7 Å². The van der Waals surface area contributed by atoms with Gasteiger partial charge in [0.25, 0.3) is 0 Å². The van der Waals surface area contributed by atoms with E-state index in [1.165, 1.54) is 0 Å². The van der Waals surface area contributed by atoms with Crippen molar-refractivity contribution in [3.05, 3.63) is 30.4 Å². The molecule has 0 radical (unpaired) electrons. The lowest BCUT2D eigenvalue weighted by molar-refractivity contribution is -0.119. The van der Waals surface area contributed by atoms with Crippen LogP contribution >= 0.6 is 0 Å². The molecule has 0 aliphatic carbocycles. The Balaban J connectivity index is 1.95. The minimum Gasteiger partial charge on any atom is -0.356 e. The third kappa shape index (κ3) is 3.04. The van der Waals surface area contributed by atoms with Crippen LogP contribution in [-0.4, -0.2) is 38.8 Å². The van der Waals surface area contributed by atoms with E-state index in [2.05, 4.69) is 31.8 Å². The van der Waals surface area contributed by atoms with Gasteiger partial charge in [0, 0.05) is 50.1 Å². The van der Waals surface area contributed by atoms with E-state index in [1.54, 1.807) is 18.6 Å². The minimum atomic E-state index is 0.324. The summed E-state index contributed by atoms with van der Waals surface area (Å²) in [4.78, 5) is 31.0. The van der Waals surface area contributed by atoms with Crippen LogP contribution in [0.2, 0.25) is 0 Å². The van der Waals surface area contributed by atoms with Crippen molar-refractivity contribution in [3.8, 4) is 11.5 Å². The number of hydrogen-bond donors (Lipinski definition) is 0. The number of rotatable bonds is 3. The Morgan fingerprint density at radius 3 is 2.67 bits per heavy atom. The molecule has 0 amide bonds. The second-order valence-corrected chi connectivity index (χ2v) is 5.01. The molecule has 2 aromatic rings. The normalized spacial score (nSPS) is 15.3. The van der Waals surface area contributed by atoms with Crippen LogP contribution in [0.5, 0.6) is 0 Å². The molecule has 6 nitrogen and oxygen atoms in total. The second-order valence-electron chi connectivity index (χ2n) is 5.01. The fourth-order valence-electron chi connectivity index (χ4n) is 2.34. The first kappa shape index (κ1) is 13.6. The van der Waals surface area contributed by atoms with Crippen molar-refractivity contribution in [2.75, 3.05) is 18.0 Å². The number of carbonyl (C=O) groups is 1. The molecule has 1 saturated heterocycles. The van der Waals surface area contributed by atoms with Crippen LogP contribution in [-0.2, 0) is 11.2 Å². The molecule has 0 aromatic carbocycles. The third-order valence-electron chi connectivity index (χ3n) is 3.57. The first-order chi connectivity index (χ1) is 10.3. The molecule has 0 atom stereocenters. The quantitative estimate of drug-likeness (QED) is 0.853. The van der Waals surface area contributed by atoms with Crippen molar-refractivity contribution in [1.82, 2.24) is 19.9 Å². The van der Waals surface area contributed by atoms with E-state index in [-0.39, 0.29) is 0 Å². The molecule has 2 aromatic heterocycles. The summed E-state index contributed by atoms with van der Waals surface area (Å²) in [6.45, 7) is 3.50. The lowest BCUT2D eigenvalue weighted by Gasteiger charge is -2.27. The van der Waals surface area contributed by atoms with E-state index >= 15 is 0 Å². The molecule has 108 valence electrons. The Hall–Kier alpha value is -2.37. The van der Waals surface area contributed by atoms with E-state index < -0.39 is 0 Å². The maximum absolute atomic E-state index is 11.4. The molecule has 1 aliphatic rings. The van der Waals surface area contributed by atoms with Gasteiger partial charge in [0.2, 0.25) is 0 Å². The number of aromatic nitrogens is 4. The number of carbonyl (C=O) groups excluding carboxylic acids is 1. The first-order valence-corrected chi connectivity index (χ1v) is 7.17. The van der Waals surface area contributed by atoms with Crippen molar-refractivity contribution in [2.24, 2.45) is 0 Å². The van der Waals surface area contributed by atoms with Gasteiger partial charge >= 0.3 is 0 Å². The Kier molecular flexibility index (Phi) is 3.85. The smallest absolute Gasteiger partial charge is 0.182 e. The Bertz CT molecular complexity index is 634. The summed E-state index contributed by atoms with van der Waals surface area (Å²) in [7, 11) is 0. The first-order valence-electron chi connectivity index (χ1n) is 7.17. The van der Waals surface area contributed by atoms with E-state index in [0.29, 0.717) is 30.1 Å². The molecule has 1 aliphatic heterocycles. The van der Waals surface area contributed by atoms with Gasteiger partial charge in [-0.25, -0.2) is 15.0 Å². The number of ketones is 1. The molecule has 0 spiro atoms. The Morgan fingerprint density at radius 1 is 1.19 bits per heavy atom. The van der Waals surface area contributed by atoms with Crippen molar-refractivity contribution >= 4 is 11.6 Å². The molecule has 0 unspecified atom stereocenters. The zero-order valence-electron chi connectivity index (χ0n) is 12.0. The zero-order chi connectivity index (χ0) is 14.7. The van der Waals surface area contributed by atoms with Gasteiger partial charge in [-0.3, -0.25) is 9.78 Å². The third-order valence-corrected chi connectivity index (χ3v) is 3.57. The van der Waals surface area contributed by atoms with Crippen LogP contribution in [0, 0.1) is 0 Å². The minimum absolute atomic E-state index is 0.324. The highest BCUT2D eigenvalue weighted by Gasteiger charge is 2.19. The summed E-state index contributed by atoms with van der Waals surface area (Å²) in [5, 5.41) is 0. The molecule has 0 N–H and O–H groups in total. The van der Waals surface area contributed by atoms with Crippen LogP contribution in [0.1, 0.15) is 25.5 Å². The van der Waals surface area contributed by atoms with E-state index in [1.807, 2.05) is 6.07 Å². The highest BCUT2D eigenvalue weighted by atomic mass is 16.1. The van der Waals surface area contributed by atoms with Crippen molar-refractivity contribution in [3.63, 3.8) is 0 Å². The molecule has 3 rings (SSSR count). The number of piperidine rings is 1. The highest BCUT2D eigenvalue weighted by molar-refractivity contribution is 5.80. The van der Waals surface area contributed by atoms with Gasteiger partial charge in [-0.2, -0.15) is 0 Å². The van der Waals surface area contributed by atoms with Gasteiger partial charge in [0.15, 0.2) is 5.82 Å². The molecule has 0 saturated carbocycles. The van der Waals surface area contributed by atoms with E-state index in [0.717, 1.165) is 31.0 Å². The molecular weight excluding hydrogens is 266 g/mol. The highest BCUT2D eigenvalue weighted by Crippen LogP contribution is 2.21. The van der Waals surface area contributed by atoms with Crippen molar-refractivity contribution in [1.29, 1.82) is 0 Å². The standard InChI is InChI=1S/C15H17N5O/c1-2-11-9-14(20-7-3-12(21)4-8-20)19-15(18-11)13-10-16-5-6-17-13/h5-6,9-10H,2-4,7-8H2,1H3. The maximum Gasteiger partial charge on any atom is 0.182 e. The van der Waals surface area contributed by atoms with E-state index in [9.17, 15) is 4.79 Å². The Labute approximate surface area is 123 Å². The summed E-state index contributed by atoms with van der Waals surface area (Å²) in [6.07, 6.45) is 6.94. The number of aryl methyl sites for hydroxylation is 1. The van der Waals surface area contributed by atoms with Crippen molar-refractivity contribution in [2.45, 2.75) is 26.2 Å². The topological polar surface area (TPSA) is 71.9 Å². The predicted octanol–water partition coefficient (Wildman–Crippen LogP) is 1.67. The average molecular weight is 283 g/mol. The predicted molar refractivity (Wildman–Crippen MR) is 78.9 cm³/mol. The van der Waals surface area contributed by atoms with Crippen LogP contribution < -0.4 is 4.90 Å². The van der Waals surface area contributed by atoms with Gasteiger partial charge in [-0.15, -0.1) is 0 Å². The Morgan fingerprint density at radius 2 is 2.00 bits per heavy atom. The fourth-order valence-corrected chi connectivity index (χ4v) is 2.34. The summed E-state index contributed by atoms with van der Waals surface area (Å²) in [6, 6.07) is 2.00. The van der Waals surface area contributed by atoms with Crippen LogP contribution in [0.4, 0.5) is 5.82 Å². The average Bonchev–Trinajstić information content (AvgIpc) is 2.56. The summed E-state index contributed by atoms with van der Waals surface area (Å²) in [5.74, 6) is 1.79. The number of anilines is 1. The van der Waals surface area contributed by atoms with Gasteiger partial charge in [0.05, 0.1) is 6.20 Å². The molecule has 1 fully saturated rings. The van der Waals surface area contributed by atoms with E-state index in [4.69, 9.17) is 0 Å². The monoisotopic (exact) mass is 283 g/mol. The number of hydrogen-bond acceptors (Lipinski definition) is 6. The number of Topliss-reactive ketones (excluding diaryl/α,β-unsaturated/α-hetero) is 1. The van der Waals surface area contributed by atoms with Crippen LogP contribution in [0.25, 0.3) is 11.5 Å². The SMILES string of the molecule is CCc1cc(N2CCC(=O)CC2)nc(-c2cnccn2)n1. The molecule has 3 heterocycles. The van der Waals surface area contributed by atoms with Crippen LogP contribution in [0.3, 0.4) is 0 Å². The maximum atomic E-state index is 11.4. The summed E-state index contributed by atoms with van der Waals surface area (Å²) >= 11 is 0. The molecule has 21 heavy (non-hydrogen) atoms. The second kappa shape index (κ2) is 5.95. The largest absolute Gasteiger partial charge is 0.356 e. The van der Waals surface area contributed by atoms with Gasteiger partial charge in [-0.05, 0) is 6.42 Å². The fraction of sp³-hybridized carbons (Fsp3) is 0.400. The number of nitrogens with zero attached hydrogens (tertiary/aromatic N) is 5. The molecule has 0 bridgehead atoms. The van der Waals surface area contributed by atoms with Gasteiger partial charge in [-0.1, -0.05) is 6.92 Å². The molecular formula is C15H17N5O. The summed E-state index contributed by atoms with van der Waals surface area (Å²) in [5.41, 5.74) is 1.64. The zero-order valence-corrected chi connectivity index (χ0v) is 12.0.